The van der Waals surface area contributed by atoms with Crippen LogP contribution < -0.4 is 15.4 Å². The Balaban J connectivity index is 2.05. The summed E-state index contributed by atoms with van der Waals surface area (Å²) in [6.45, 7) is 0. The molecule has 0 radical (unpaired) electrons. The minimum absolute atomic E-state index is 0.0103. The first-order chi connectivity index (χ1) is 11.9. The zero-order valence-corrected chi connectivity index (χ0v) is 14.1. The van der Waals surface area contributed by atoms with Crippen LogP contribution in [-0.2, 0) is 6.18 Å². The summed E-state index contributed by atoms with van der Waals surface area (Å²) >= 11 is 10.8. The van der Waals surface area contributed by atoms with Crippen LogP contribution >= 0.6 is 23.8 Å². The van der Waals surface area contributed by atoms with E-state index in [0.717, 1.165) is 30.3 Å². The van der Waals surface area contributed by atoms with Crippen molar-refractivity contribution in [3.05, 3.63) is 53.1 Å². The summed E-state index contributed by atoms with van der Waals surface area (Å²) in [6.07, 6.45) is -9.36. The topological polar surface area (TPSA) is 33.3 Å². The maximum Gasteiger partial charge on any atom is 0.573 e. The molecule has 11 heteroatoms. The van der Waals surface area contributed by atoms with E-state index in [2.05, 4.69) is 15.4 Å². The molecule has 0 aliphatic rings. The first-order valence-corrected chi connectivity index (χ1v) is 7.53. The quantitative estimate of drug-likeness (QED) is 0.472. The molecule has 0 spiro atoms. The molecule has 0 fully saturated rings. The van der Waals surface area contributed by atoms with E-state index >= 15 is 0 Å². The molecule has 0 aromatic heterocycles. The molecule has 140 valence electrons. The molecule has 0 unspecified atom stereocenters. The van der Waals surface area contributed by atoms with E-state index in [9.17, 15) is 26.3 Å². The largest absolute Gasteiger partial charge is 0.573 e. The standard InChI is InChI=1S/C15H9ClF6N2OS/c16-11-6-1-8(14(17,18)19)7-12(11)24-13(26)23-9-2-4-10(5-3-9)25-15(20,21)22/h1-7H,(H2,23,24,26). The van der Waals surface area contributed by atoms with Crippen LogP contribution in [0.15, 0.2) is 42.5 Å². The highest BCUT2D eigenvalue weighted by Crippen LogP contribution is 2.34. The van der Waals surface area contributed by atoms with Crippen molar-refractivity contribution in [1.29, 1.82) is 0 Å². The number of nitrogens with one attached hydrogen (secondary N) is 2. The Morgan fingerprint density at radius 3 is 2.08 bits per heavy atom. The molecule has 0 saturated heterocycles. The van der Waals surface area contributed by atoms with E-state index < -0.39 is 23.9 Å². The fourth-order valence-electron chi connectivity index (χ4n) is 1.82. The predicted molar refractivity (Wildman–Crippen MR) is 89.4 cm³/mol. The summed E-state index contributed by atoms with van der Waals surface area (Å²) in [6, 6.07) is 7.29. The smallest absolute Gasteiger partial charge is 0.406 e. The van der Waals surface area contributed by atoms with Crippen LogP contribution in [0.2, 0.25) is 5.02 Å². The molecule has 0 aliphatic carbocycles. The number of alkyl halides is 6. The highest BCUT2D eigenvalue weighted by Gasteiger charge is 2.31. The Morgan fingerprint density at radius 1 is 0.923 bits per heavy atom. The van der Waals surface area contributed by atoms with Crippen LogP contribution in [0.3, 0.4) is 0 Å². The number of rotatable bonds is 3. The number of hydrogen-bond acceptors (Lipinski definition) is 2. The van der Waals surface area contributed by atoms with Crippen molar-refractivity contribution in [3.63, 3.8) is 0 Å². The molecule has 2 rings (SSSR count). The zero-order valence-electron chi connectivity index (χ0n) is 12.5. The van der Waals surface area contributed by atoms with Gasteiger partial charge >= 0.3 is 12.5 Å². The Kier molecular flexibility index (Phi) is 5.87. The molecule has 2 aromatic carbocycles. The SMILES string of the molecule is FC(F)(F)Oc1ccc(NC(=S)Nc2cc(C(F)(F)F)ccc2Cl)cc1. The van der Waals surface area contributed by atoms with E-state index in [1.54, 1.807) is 0 Å². The predicted octanol–water partition coefficient (Wildman–Crippen LogP) is 6.07. The van der Waals surface area contributed by atoms with Crippen LogP contribution in [0.25, 0.3) is 0 Å². The summed E-state index contributed by atoms with van der Waals surface area (Å²) in [5.74, 6) is -0.428. The van der Waals surface area contributed by atoms with Gasteiger partial charge in [0.2, 0.25) is 0 Å². The second-order valence-corrected chi connectivity index (χ2v) is 5.66. The summed E-state index contributed by atoms with van der Waals surface area (Å²) in [5, 5.41) is 5.02. The zero-order chi connectivity index (χ0) is 19.5. The second-order valence-electron chi connectivity index (χ2n) is 4.84. The van der Waals surface area contributed by atoms with Gasteiger partial charge in [0, 0.05) is 5.69 Å². The minimum Gasteiger partial charge on any atom is -0.406 e. The molecule has 0 bridgehead atoms. The fourth-order valence-corrected chi connectivity index (χ4v) is 2.21. The van der Waals surface area contributed by atoms with Gasteiger partial charge in [0.05, 0.1) is 16.3 Å². The maximum absolute atomic E-state index is 12.7. The van der Waals surface area contributed by atoms with Crippen LogP contribution in [-0.4, -0.2) is 11.5 Å². The molecule has 0 aliphatic heterocycles. The Hall–Kier alpha value is -2.20. The van der Waals surface area contributed by atoms with Gasteiger partial charge in [-0.15, -0.1) is 13.2 Å². The molecular weight excluding hydrogens is 406 g/mol. The molecule has 26 heavy (non-hydrogen) atoms. The Morgan fingerprint density at radius 2 is 1.54 bits per heavy atom. The molecule has 2 aromatic rings. The van der Waals surface area contributed by atoms with E-state index in [0.29, 0.717) is 5.69 Å². The van der Waals surface area contributed by atoms with Crippen LogP contribution in [0.5, 0.6) is 5.75 Å². The van der Waals surface area contributed by atoms with E-state index in [4.69, 9.17) is 23.8 Å². The lowest BCUT2D eigenvalue weighted by Gasteiger charge is -2.14. The lowest BCUT2D eigenvalue weighted by Crippen LogP contribution is -2.20. The van der Waals surface area contributed by atoms with Crippen molar-refractivity contribution in [2.45, 2.75) is 12.5 Å². The maximum atomic E-state index is 12.7. The van der Waals surface area contributed by atoms with Gasteiger partial charge in [0.1, 0.15) is 5.75 Å². The average Bonchev–Trinajstić information content (AvgIpc) is 2.49. The Labute approximate surface area is 153 Å². The lowest BCUT2D eigenvalue weighted by atomic mass is 10.2. The summed E-state index contributed by atoms with van der Waals surface area (Å²) in [4.78, 5) is 0. The van der Waals surface area contributed by atoms with Gasteiger partial charge in [-0.1, -0.05) is 11.6 Å². The lowest BCUT2D eigenvalue weighted by molar-refractivity contribution is -0.274. The van der Waals surface area contributed by atoms with E-state index in [1.807, 2.05) is 0 Å². The van der Waals surface area contributed by atoms with Crippen molar-refractivity contribution >= 4 is 40.3 Å². The van der Waals surface area contributed by atoms with Gasteiger partial charge in [-0.2, -0.15) is 13.2 Å². The first-order valence-electron chi connectivity index (χ1n) is 6.74. The van der Waals surface area contributed by atoms with Crippen molar-refractivity contribution < 1.29 is 31.1 Å². The third-order valence-corrected chi connectivity index (χ3v) is 3.42. The second kappa shape index (κ2) is 7.58. The van der Waals surface area contributed by atoms with Crippen molar-refractivity contribution in [2.24, 2.45) is 0 Å². The molecule has 0 amide bonds. The highest BCUT2D eigenvalue weighted by atomic mass is 35.5. The number of benzene rings is 2. The molecule has 2 N–H and O–H groups in total. The molecule has 3 nitrogen and oxygen atoms in total. The van der Waals surface area contributed by atoms with E-state index in [-0.39, 0.29) is 15.8 Å². The van der Waals surface area contributed by atoms with Crippen molar-refractivity contribution in [3.8, 4) is 5.75 Å². The van der Waals surface area contributed by atoms with Crippen molar-refractivity contribution in [2.75, 3.05) is 10.6 Å². The van der Waals surface area contributed by atoms with Gasteiger partial charge in [0.25, 0.3) is 0 Å². The first kappa shape index (κ1) is 20.1. The van der Waals surface area contributed by atoms with Gasteiger partial charge in [-0.3, -0.25) is 0 Å². The van der Waals surface area contributed by atoms with Crippen LogP contribution in [0.1, 0.15) is 5.56 Å². The third kappa shape index (κ3) is 5.95. The fraction of sp³-hybridized carbons (Fsp3) is 0.133. The number of hydrogen-bond donors (Lipinski definition) is 2. The molecule has 0 heterocycles. The summed E-state index contributed by atoms with van der Waals surface area (Å²) in [5.41, 5.74) is -0.697. The number of ether oxygens (including phenoxy) is 1. The molecular formula is C15H9ClF6N2OS. The summed E-state index contributed by atoms with van der Waals surface area (Å²) in [7, 11) is 0. The number of thiocarbonyl (C=S) groups is 1. The van der Waals surface area contributed by atoms with Crippen molar-refractivity contribution in [1.82, 2.24) is 0 Å². The third-order valence-electron chi connectivity index (χ3n) is 2.89. The van der Waals surface area contributed by atoms with Gasteiger partial charge in [0.15, 0.2) is 5.11 Å². The van der Waals surface area contributed by atoms with Gasteiger partial charge in [-0.25, -0.2) is 0 Å². The average molecular weight is 415 g/mol. The van der Waals surface area contributed by atoms with Crippen LogP contribution in [0.4, 0.5) is 37.7 Å². The van der Waals surface area contributed by atoms with Gasteiger partial charge < -0.3 is 15.4 Å². The Bertz CT molecular complexity index is 792. The van der Waals surface area contributed by atoms with Gasteiger partial charge in [-0.05, 0) is 54.7 Å². The highest BCUT2D eigenvalue weighted by molar-refractivity contribution is 7.80. The minimum atomic E-state index is -4.81. The van der Waals surface area contributed by atoms with Crippen LogP contribution in [0, 0.1) is 0 Å². The normalized spacial score (nSPS) is 11.8. The number of anilines is 2. The van der Waals surface area contributed by atoms with E-state index in [1.165, 1.54) is 12.1 Å². The molecule has 0 atom stereocenters. The monoisotopic (exact) mass is 414 g/mol. The summed E-state index contributed by atoms with van der Waals surface area (Å²) < 4.78 is 78.2. The number of halogens is 7. The molecule has 0 saturated carbocycles.